The van der Waals surface area contributed by atoms with Crippen molar-refractivity contribution in [3.8, 4) is 0 Å². The zero-order valence-electron chi connectivity index (χ0n) is 16.0. The van der Waals surface area contributed by atoms with Crippen molar-refractivity contribution in [2.75, 3.05) is 13.6 Å². The van der Waals surface area contributed by atoms with Crippen molar-refractivity contribution in [2.45, 2.75) is 45.6 Å². The first-order valence-corrected chi connectivity index (χ1v) is 9.27. The SMILES string of the molecule is CN=C(NCc1cc(C(C)C)no1)NCC(C)(C)c1cccc(Br)c1.I. The molecule has 0 saturated heterocycles. The van der Waals surface area contributed by atoms with E-state index < -0.39 is 0 Å². The summed E-state index contributed by atoms with van der Waals surface area (Å²) in [5.41, 5.74) is 2.20. The zero-order chi connectivity index (χ0) is 18.4. The van der Waals surface area contributed by atoms with E-state index >= 15 is 0 Å². The van der Waals surface area contributed by atoms with Crippen LogP contribution in [0.25, 0.3) is 0 Å². The van der Waals surface area contributed by atoms with Gasteiger partial charge < -0.3 is 15.2 Å². The van der Waals surface area contributed by atoms with Crippen LogP contribution in [-0.4, -0.2) is 24.7 Å². The van der Waals surface area contributed by atoms with Gasteiger partial charge in [-0.15, -0.1) is 24.0 Å². The predicted octanol–water partition coefficient (Wildman–Crippen LogP) is 4.82. The predicted molar refractivity (Wildman–Crippen MR) is 121 cm³/mol. The van der Waals surface area contributed by atoms with Crippen molar-refractivity contribution in [2.24, 2.45) is 4.99 Å². The van der Waals surface area contributed by atoms with E-state index in [1.54, 1.807) is 7.05 Å². The molecule has 0 radical (unpaired) electrons. The highest BCUT2D eigenvalue weighted by molar-refractivity contribution is 14.0. The van der Waals surface area contributed by atoms with Crippen LogP contribution in [0.4, 0.5) is 0 Å². The smallest absolute Gasteiger partial charge is 0.191 e. The lowest BCUT2D eigenvalue weighted by atomic mass is 9.85. The molecule has 7 heteroatoms. The Bertz CT molecular complexity index is 728. The molecule has 0 aliphatic heterocycles. The van der Waals surface area contributed by atoms with Crippen LogP contribution in [0, 0.1) is 0 Å². The van der Waals surface area contributed by atoms with Crippen molar-refractivity contribution in [3.63, 3.8) is 0 Å². The highest BCUT2D eigenvalue weighted by Crippen LogP contribution is 2.25. The van der Waals surface area contributed by atoms with Gasteiger partial charge in [-0.25, -0.2) is 0 Å². The number of rotatable bonds is 6. The van der Waals surface area contributed by atoms with Gasteiger partial charge in [-0.1, -0.05) is 60.9 Å². The fourth-order valence-electron chi connectivity index (χ4n) is 2.39. The van der Waals surface area contributed by atoms with E-state index in [4.69, 9.17) is 4.52 Å². The molecular weight excluding hydrogens is 507 g/mol. The summed E-state index contributed by atoms with van der Waals surface area (Å²) < 4.78 is 6.44. The van der Waals surface area contributed by atoms with Crippen LogP contribution < -0.4 is 10.6 Å². The summed E-state index contributed by atoms with van der Waals surface area (Å²) in [7, 11) is 1.77. The molecule has 0 unspecified atom stereocenters. The van der Waals surface area contributed by atoms with Gasteiger partial charge in [-0.2, -0.15) is 0 Å². The lowest BCUT2D eigenvalue weighted by Gasteiger charge is -2.27. The molecule has 0 amide bonds. The summed E-state index contributed by atoms with van der Waals surface area (Å²) in [6.45, 7) is 9.92. The third kappa shape index (κ3) is 6.57. The molecule has 0 aliphatic rings. The van der Waals surface area contributed by atoms with Gasteiger partial charge >= 0.3 is 0 Å². The number of hydrogen-bond acceptors (Lipinski definition) is 3. The molecule has 2 aromatic rings. The Morgan fingerprint density at radius 2 is 2.00 bits per heavy atom. The van der Waals surface area contributed by atoms with Gasteiger partial charge in [-0.3, -0.25) is 4.99 Å². The number of hydrogen-bond donors (Lipinski definition) is 2. The van der Waals surface area contributed by atoms with Crippen LogP contribution in [0.5, 0.6) is 0 Å². The summed E-state index contributed by atoms with van der Waals surface area (Å²) in [4.78, 5) is 4.28. The Hall–Kier alpha value is -1.09. The normalized spacial score (nSPS) is 12.0. The third-order valence-corrected chi connectivity index (χ3v) is 4.62. The van der Waals surface area contributed by atoms with E-state index in [0.29, 0.717) is 12.5 Å². The molecular formula is C19H28BrIN4O. The average Bonchev–Trinajstić information content (AvgIpc) is 3.04. The van der Waals surface area contributed by atoms with Gasteiger partial charge in [0.2, 0.25) is 0 Å². The van der Waals surface area contributed by atoms with Gasteiger partial charge in [0, 0.05) is 29.5 Å². The van der Waals surface area contributed by atoms with Crippen LogP contribution in [0.1, 0.15) is 50.6 Å². The van der Waals surface area contributed by atoms with Crippen molar-refractivity contribution in [1.29, 1.82) is 0 Å². The van der Waals surface area contributed by atoms with Gasteiger partial charge in [0.1, 0.15) is 0 Å². The maximum Gasteiger partial charge on any atom is 0.191 e. The van der Waals surface area contributed by atoms with E-state index in [1.807, 2.05) is 12.1 Å². The Morgan fingerprint density at radius 3 is 2.58 bits per heavy atom. The second-order valence-electron chi connectivity index (χ2n) is 7.05. The zero-order valence-corrected chi connectivity index (χ0v) is 19.9. The van der Waals surface area contributed by atoms with E-state index in [1.165, 1.54) is 5.56 Å². The molecule has 26 heavy (non-hydrogen) atoms. The second-order valence-corrected chi connectivity index (χ2v) is 7.96. The Balaban J connectivity index is 0.00000338. The molecule has 0 aliphatic carbocycles. The minimum absolute atomic E-state index is 0. The molecule has 0 spiro atoms. The van der Waals surface area contributed by atoms with Crippen molar-refractivity contribution < 1.29 is 4.52 Å². The summed E-state index contributed by atoms with van der Waals surface area (Å²) in [5, 5.41) is 10.7. The number of nitrogens with zero attached hydrogens (tertiary/aromatic N) is 2. The van der Waals surface area contributed by atoms with Crippen LogP contribution in [0.2, 0.25) is 0 Å². The van der Waals surface area contributed by atoms with E-state index in [9.17, 15) is 0 Å². The lowest BCUT2D eigenvalue weighted by Crippen LogP contribution is -2.43. The first-order valence-electron chi connectivity index (χ1n) is 8.48. The largest absolute Gasteiger partial charge is 0.359 e. The maximum atomic E-state index is 5.35. The molecule has 2 N–H and O–H groups in total. The number of benzene rings is 1. The average molecular weight is 535 g/mol. The first-order chi connectivity index (χ1) is 11.8. The summed E-state index contributed by atoms with van der Waals surface area (Å²) in [6.07, 6.45) is 0. The summed E-state index contributed by atoms with van der Waals surface area (Å²) in [6, 6.07) is 10.4. The Morgan fingerprint density at radius 1 is 1.27 bits per heavy atom. The molecule has 0 fully saturated rings. The summed E-state index contributed by atoms with van der Waals surface area (Å²) in [5.74, 6) is 1.91. The minimum Gasteiger partial charge on any atom is -0.359 e. The monoisotopic (exact) mass is 534 g/mol. The molecule has 0 bridgehead atoms. The van der Waals surface area contributed by atoms with Crippen LogP contribution >= 0.6 is 39.9 Å². The highest BCUT2D eigenvalue weighted by atomic mass is 127. The molecule has 0 saturated carbocycles. The fraction of sp³-hybridized carbons (Fsp3) is 0.474. The minimum atomic E-state index is -0.0293. The number of guanidine groups is 1. The summed E-state index contributed by atoms with van der Waals surface area (Å²) >= 11 is 3.54. The number of aliphatic imine (C=N–C) groups is 1. The topological polar surface area (TPSA) is 62.5 Å². The van der Waals surface area contributed by atoms with E-state index in [2.05, 4.69) is 82.6 Å². The van der Waals surface area contributed by atoms with Crippen LogP contribution in [0.3, 0.4) is 0 Å². The molecule has 1 aromatic carbocycles. The van der Waals surface area contributed by atoms with E-state index in [-0.39, 0.29) is 29.4 Å². The second kappa shape index (κ2) is 10.3. The standard InChI is InChI=1S/C19H27BrN4O.HI/c1-13(2)17-10-16(25-24-17)11-22-18(21-5)23-12-19(3,4)14-7-6-8-15(20)9-14;/h6-10,13H,11-12H2,1-5H3,(H2,21,22,23);1H. The first kappa shape index (κ1) is 23.0. The van der Waals surface area contributed by atoms with Crippen LogP contribution in [-0.2, 0) is 12.0 Å². The van der Waals surface area contributed by atoms with Crippen molar-refractivity contribution >= 4 is 45.9 Å². The highest BCUT2D eigenvalue weighted by Gasteiger charge is 2.21. The Labute approximate surface area is 181 Å². The van der Waals surface area contributed by atoms with Gasteiger partial charge in [0.15, 0.2) is 11.7 Å². The molecule has 2 rings (SSSR count). The van der Waals surface area contributed by atoms with Crippen molar-refractivity contribution in [3.05, 3.63) is 51.8 Å². The number of halogens is 2. The Kier molecular flexibility index (Phi) is 9.09. The third-order valence-electron chi connectivity index (χ3n) is 4.13. The maximum absolute atomic E-state index is 5.35. The quantitative estimate of drug-likeness (QED) is 0.317. The van der Waals surface area contributed by atoms with Gasteiger partial charge in [0.05, 0.1) is 12.2 Å². The molecule has 1 aromatic heterocycles. The van der Waals surface area contributed by atoms with Gasteiger partial charge in [0.25, 0.3) is 0 Å². The lowest BCUT2D eigenvalue weighted by molar-refractivity contribution is 0.371. The number of nitrogens with one attached hydrogen (secondary N) is 2. The molecule has 0 atom stereocenters. The number of aromatic nitrogens is 1. The van der Waals surface area contributed by atoms with Gasteiger partial charge in [-0.05, 0) is 23.6 Å². The van der Waals surface area contributed by atoms with Crippen LogP contribution in [0.15, 0.2) is 44.3 Å². The molecule has 1 heterocycles. The fourth-order valence-corrected chi connectivity index (χ4v) is 2.79. The van der Waals surface area contributed by atoms with Crippen molar-refractivity contribution in [1.82, 2.24) is 15.8 Å². The molecule has 144 valence electrons. The molecule has 5 nitrogen and oxygen atoms in total. The van der Waals surface area contributed by atoms with E-state index in [0.717, 1.165) is 28.4 Å².